The minimum absolute atomic E-state index is 0.0464. The van der Waals surface area contributed by atoms with Crippen molar-refractivity contribution in [1.82, 2.24) is 14.5 Å². The topological polar surface area (TPSA) is 63.0 Å². The van der Waals surface area contributed by atoms with Crippen LogP contribution in [0.3, 0.4) is 0 Å². The number of nitrogens with zero attached hydrogens (tertiary/aromatic N) is 3. The van der Waals surface area contributed by atoms with Crippen molar-refractivity contribution in [3.63, 3.8) is 0 Å². The molecule has 2 aromatic carbocycles. The van der Waals surface area contributed by atoms with Crippen LogP contribution in [0, 0.1) is 6.92 Å². The van der Waals surface area contributed by atoms with Gasteiger partial charge in [0.15, 0.2) is 5.65 Å². The van der Waals surface area contributed by atoms with Crippen LogP contribution < -0.4 is 5.32 Å². The second-order valence-electron chi connectivity index (χ2n) is 6.19. The third-order valence-corrected chi connectivity index (χ3v) is 4.35. The maximum absolute atomic E-state index is 9.19. The molecule has 5 heteroatoms. The summed E-state index contributed by atoms with van der Waals surface area (Å²) in [4.78, 5) is 8.96. The first-order valence-corrected chi connectivity index (χ1v) is 8.61. The van der Waals surface area contributed by atoms with E-state index < -0.39 is 0 Å². The lowest BCUT2D eigenvalue weighted by atomic mass is 10.1. The Balaban J connectivity index is 2.00. The summed E-state index contributed by atoms with van der Waals surface area (Å²) >= 11 is 0. The number of rotatable bonds is 5. The Labute approximate surface area is 152 Å². The van der Waals surface area contributed by atoms with Crippen molar-refractivity contribution in [2.24, 2.45) is 0 Å². The van der Waals surface area contributed by atoms with Crippen molar-refractivity contribution in [2.75, 3.05) is 18.5 Å². The molecule has 2 N–H and O–H groups in total. The van der Waals surface area contributed by atoms with Crippen LogP contribution >= 0.6 is 0 Å². The van der Waals surface area contributed by atoms with Gasteiger partial charge in [0.05, 0.1) is 12.0 Å². The summed E-state index contributed by atoms with van der Waals surface area (Å²) in [5, 5.41) is 13.4. The Morgan fingerprint density at radius 3 is 2.65 bits per heavy atom. The van der Waals surface area contributed by atoms with Gasteiger partial charge in [0, 0.05) is 24.0 Å². The SMILES string of the molecule is Cc1cccc(-n2cc(-c3ccccc3)c3c(NCCO)ncnc32)c1. The van der Waals surface area contributed by atoms with E-state index in [2.05, 4.69) is 63.3 Å². The molecule has 0 aliphatic rings. The summed E-state index contributed by atoms with van der Waals surface area (Å²) in [6, 6.07) is 18.6. The first kappa shape index (κ1) is 16.3. The van der Waals surface area contributed by atoms with Crippen LogP contribution in [0.1, 0.15) is 5.56 Å². The van der Waals surface area contributed by atoms with Crippen LogP contribution in [-0.4, -0.2) is 32.8 Å². The summed E-state index contributed by atoms with van der Waals surface area (Å²) in [7, 11) is 0. The van der Waals surface area contributed by atoms with Crippen molar-refractivity contribution < 1.29 is 5.11 Å². The van der Waals surface area contributed by atoms with Gasteiger partial charge >= 0.3 is 0 Å². The van der Waals surface area contributed by atoms with Crippen LogP contribution in [0.4, 0.5) is 5.82 Å². The molecule has 0 atom stereocenters. The van der Waals surface area contributed by atoms with E-state index in [1.165, 1.54) is 5.56 Å². The summed E-state index contributed by atoms with van der Waals surface area (Å²) in [5.74, 6) is 0.731. The zero-order chi connectivity index (χ0) is 17.9. The fraction of sp³-hybridized carbons (Fsp3) is 0.143. The van der Waals surface area contributed by atoms with E-state index in [1.54, 1.807) is 6.33 Å². The molecule has 0 aliphatic heterocycles. The maximum Gasteiger partial charge on any atom is 0.150 e. The summed E-state index contributed by atoms with van der Waals surface area (Å²) < 4.78 is 2.09. The van der Waals surface area contributed by atoms with Gasteiger partial charge in [-0.25, -0.2) is 9.97 Å². The number of aliphatic hydroxyl groups excluding tert-OH is 1. The van der Waals surface area contributed by atoms with E-state index >= 15 is 0 Å². The number of aliphatic hydroxyl groups is 1. The lowest BCUT2D eigenvalue weighted by Gasteiger charge is -2.08. The first-order valence-electron chi connectivity index (χ1n) is 8.61. The standard InChI is InChI=1S/C21H20N4O/c1-15-6-5-9-17(12-15)25-13-18(16-7-3-2-4-8-16)19-20(22-10-11-26)23-14-24-21(19)25/h2-9,12-14,26H,10-11H2,1H3,(H,22,23,24). The predicted molar refractivity (Wildman–Crippen MR) is 105 cm³/mol. The number of anilines is 1. The van der Waals surface area contributed by atoms with E-state index in [0.717, 1.165) is 33.7 Å². The maximum atomic E-state index is 9.19. The van der Waals surface area contributed by atoms with Gasteiger partial charge in [-0.1, -0.05) is 42.5 Å². The molecule has 2 aromatic heterocycles. The quantitative estimate of drug-likeness (QED) is 0.578. The van der Waals surface area contributed by atoms with Crippen molar-refractivity contribution in [2.45, 2.75) is 6.92 Å². The van der Waals surface area contributed by atoms with E-state index in [0.29, 0.717) is 6.54 Å². The Morgan fingerprint density at radius 2 is 1.88 bits per heavy atom. The van der Waals surface area contributed by atoms with Gasteiger partial charge in [-0.15, -0.1) is 0 Å². The fourth-order valence-electron chi connectivity index (χ4n) is 3.18. The van der Waals surface area contributed by atoms with Crippen LogP contribution in [-0.2, 0) is 0 Å². The van der Waals surface area contributed by atoms with Crippen molar-refractivity contribution in [3.05, 3.63) is 72.7 Å². The van der Waals surface area contributed by atoms with Gasteiger partial charge in [-0.05, 0) is 30.2 Å². The van der Waals surface area contributed by atoms with Crippen molar-refractivity contribution in [1.29, 1.82) is 0 Å². The number of fused-ring (bicyclic) bond motifs is 1. The number of hydrogen-bond donors (Lipinski definition) is 2. The molecule has 0 unspecified atom stereocenters. The number of nitrogens with one attached hydrogen (secondary N) is 1. The van der Waals surface area contributed by atoms with E-state index in [1.807, 2.05) is 24.3 Å². The van der Waals surface area contributed by atoms with Crippen LogP contribution in [0.5, 0.6) is 0 Å². The van der Waals surface area contributed by atoms with Crippen molar-refractivity contribution >= 4 is 16.9 Å². The third-order valence-electron chi connectivity index (χ3n) is 4.35. The molecule has 26 heavy (non-hydrogen) atoms. The summed E-state index contributed by atoms with van der Waals surface area (Å²) in [5.41, 5.74) is 5.25. The van der Waals surface area contributed by atoms with Gasteiger partial charge in [-0.2, -0.15) is 0 Å². The minimum Gasteiger partial charge on any atom is -0.395 e. The molecule has 0 aliphatic carbocycles. The molecular weight excluding hydrogens is 324 g/mol. The Bertz CT molecular complexity index is 1040. The lowest BCUT2D eigenvalue weighted by molar-refractivity contribution is 0.311. The van der Waals surface area contributed by atoms with Gasteiger partial charge in [0.2, 0.25) is 0 Å². The van der Waals surface area contributed by atoms with Crippen molar-refractivity contribution in [3.8, 4) is 16.8 Å². The molecular formula is C21H20N4O. The van der Waals surface area contributed by atoms with Crippen LogP contribution in [0.15, 0.2) is 67.1 Å². The predicted octanol–water partition coefficient (Wildman–Crippen LogP) is 3.80. The monoisotopic (exact) mass is 344 g/mol. The molecule has 0 radical (unpaired) electrons. The number of aryl methyl sites for hydroxylation is 1. The van der Waals surface area contributed by atoms with E-state index in [9.17, 15) is 5.11 Å². The molecule has 4 aromatic rings. The highest BCUT2D eigenvalue weighted by Gasteiger charge is 2.17. The van der Waals surface area contributed by atoms with Crippen LogP contribution in [0.2, 0.25) is 0 Å². The molecule has 5 nitrogen and oxygen atoms in total. The summed E-state index contributed by atoms with van der Waals surface area (Å²) in [6.07, 6.45) is 3.66. The molecule has 130 valence electrons. The molecule has 0 bridgehead atoms. The average Bonchev–Trinajstić information content (AvgIpc) is 3.07. The smallest absolute Gasteiger partial charge is 0.150 e. The lowest BCUT2D eigenvalue weighted by Crippen LogP contribution is -2.07. The molecule has 0 saturated carbocycles. The minimum atomic E-state index is 0.0464. The molecule has 4 rings (SSSR count). The third kappa shape index (κ3) is 2.93. The molecule has 0 spiro atoms. The molecule has 0 saturated heterocycles. The Morgan fingerprint density at radius 1 is 1.04 bits per heavy atom. The summed E-state index contributed by atoms with van der Waals surface area (Å²) in [6.45, 7) is 2.57. The normalized spacial score (nSPS) is 11.0. The Hall–Kier alpha value is -3.18. The van der Waals surface area contributed by atoms with E-state index in [4.69, 9.17) is 0 Å². The highest BCUT2D eigenvalue weighted by atomic mass is 16.3. The van der Waals surface area contributed by atoms with Gasteiger partial charge in [0.1, 0.15) is 12.1 Å². The average molecular weight is 344 g/mol. The highest BCUT2D eigenvalue weighted by Crippen LogP contribution is 2.35. The molecule has 0 amide bonds. The van der Waals surface area contributed by atoms with Gasteiger partial charge < -0.3 is 15.0 Å². The van der Waals surface area contributed by atoms with E-state index in [-0.39, 0.29) is 6.61 Å². The number of hydrogen-bond acceptors (Lipinski definition) is 4. The molecule has 2 heterocycles. The second-order valence-corrected chi connectivity index (χ2v) is 6.19. The second kappa shape index (κ2) is 6.98. The number of benzene rings is 2. The van der Waals surface area contributed by atoms with Gasteiger partial charge in [0.25, 0.3) is 0 Å². The van der Waals surface area contributed by atoms with Crippen LogP contribution in [0.25, 0.3) is 27.8 Å². The van der Waals surface area contributed by atoms with Gasteiger partial charge in [-0.3, -0.25) is 0 Å². The zero-order valence-electron chi connectivity index (χ0n) is 14.6. The highest BCUT2D eigenvalue weighted by molar-refractivity contribution is 6.02. The fourth-order valence-corrected chi connectivity index (χ4v) is 3.18. The first-order chi connectivity index (χ1) is 12.8. The Kier molecular flexibility index (Phi) is 4.37. The largest absolute Gasteiger partial charge is 0.395 e. The zero-order valence-corrected chi connectivity index (χ0v) is 14.6. The number of aromatic nitrogens is 3. The molecule has 0 fully saturated rings.